The smallest absolute Gasteiger partial charge is 0.328 e. The summed E-state index contributed by atoms with van der Waals surface area (Å²) in [5.74, 6) is -0.638. The van der Waals surface area contributed by atoms with E-state index >= 15 is 0 Å². The molecule has 1 aliphatic rings. The molecule has 0 saturated carbocycles. The highest BCUT2D eigenvalue weighted by atomic mass is 16.5. The molecule has 0 spiro atoms. The zero-order valence-corrected chi connectivity index (χ0v) is 20.8. The predicted molar refractivity (Wildman–Crippen MR) is 143 cm³/mol. The van der Waals surface area contributed by atoms with Gasteiger partial charge in [-0.15, -0.1) is 0 Å². The molecule has 2 heterocycles. The van der Waals surface area contributed by atoms with Crippen molar-refractivity contribution < 1.29 is 29.3 Å². The molecule has 0 fully saturated rings. The van der Waals surface area contributed by atoms with Gasteiger partial charge in [0.1, 0.15) is 24.7 Å². The zero-order valence-electron chi connectivity index (χ0n) is 20.8. The van der Waals surface area contributed by atoms with Crippen LogP contribution in [0.1, 0.15) is 25.5 Å². The third-order valence-corrected chi connectivity index (χ3v) is 5.95. The van der Waals surface area contributed by atoms with E-state index in [1.165, 1.54) is 21.9 Å². The number of benzene rings is 3. The summed E-state index contributed by atoms with van der Waals surface area (Å²) in [4.78, 5) is 19.1. The Balaban J connectivity index is 0.000000349. The number of aliphatic carboxylic acids is 2. The summed E-state index contributed by atoms with van der Waals surface area (Å²) in [6, 6.07) is 23.9. The van der Waals surface area contributed by atoms with E-state index in [4.69, 9.17) is 19.7 Å². The SMILES string of the molecule is CC(C)NCCOc1cccc2c1c1cccc3c1n2[C@@H](c1ccccc1)CO3.O=C(O)/C=C\C(=O)O. The summed E-state index contributed by atoms with van der Waals surface area (Å²) in [5, 5.41) is 21.4. The highest BCUT2D eigenvalue weighted by Gasteiger charge is 2.28. The summed E-state index contributed by atoms with van der Waals surface area (Å²) in [6.45, 7) is 6.39. The van der Waals surface area contributed by atoms with Gasteiger partial charge in [-0.3, -0.25) is 0 Å². The van der Waals surface area contributed by atoms with E-state index in [9.17, 15) is 9.59 Å². The van der Waals surface area contributed by atoms with Crippen molar-refractivity contribution in [2.45, 2.75) is 25.9 Å². The van der Waals surface area contributed by atoms with Crippen molar-refractivity contribution in [3.8, 4) is 11.5 Å². The Morgan fingerprint density at radius 1 is 1.03 bits per heavy atom. The molecule has 4 aromatic rings. The fourth-order valence-electron chi connectivity index (χ4n) is 4.46. The van der Waals surface area contributed by atoms with Gasteiger partial charge >= 0.3 is 11.9 Å². The van der Waals surface area contributed by atoms with Crippen LogP contribution >= 0.6 is 0 Å². The van der Waals surface area contributed by atoms with Crippen molar-refractivity contribution in [3.05, 3.63) is 84.4 Å². The first-order valence-electron chi connectivity index (χ1n) is 12.1. The topological polar surface area (TPSA) is 110 Å². The van der Waals surface area contributed by atoms with Crippen molar-refractivity contribution >= 4 is 33.7 Å². The van der Waals surface area contributed by atoms with Crippen molar-refractivity contribution in [1.29, 1.82) is 0 Å². The Labute approximate surface area is 214 Å². The largest absolute Gasteiger partial charge is 0.492 e. The second-order valence-corrected chi connectivity index (χ2v) is 8.88. The molecule has 5 rings (SSSR count). The van der Waals surface area contributed by atoms with E-state index in [0.717, 1.165) is 23.6 Å². The number of carboxylic acid groups (broad SMARTS) is 2. The minimum Gasteiger partial charge on any atom is -0.492 e. The molecule has 1 aromatic heterocycles. The maximum absolute atomic E-state index is 9.55. The highest BCUT2D eigenvalue weighted by Crippen LogP contribution is 2.44. The van der Waals surface area contributed by atoms with Crippen LogP contribution in [0.15, 0.2) is 78.9 Å². The molecule has 0 unspecified atom stereocenters. The monoisotopic (exact) mass is 502 g/mol. The van der Waals surface area contributed by atoms with Gasteiger partial charge in [-0.1, -0.05) is 62.4 Å². The van der Waals surface area contributed by atoms with Gasteiger partial charge < -0.3 is 29.6 Å². The lowest BCUT2D eigenvalue weighted by atomic mass is 10.1. The predicted octanol–water partition coefficient (Wildman–Crippen LogP) is 4.86. The zero-order chi connectivity index (χ0) is 26.4. The minimum absolute atomic E-state index is 0.143. The van der Waals surface area contributed by atoms with Crippen molar-refractivity contribution in [1.82, 2.24) is 9.88 Å². The molecular formula is C29H30N2O6. The number of nitrogens with one attached hydrogen (secondary N) is 1. The third-order valence-electron chi connectivity index (χ3n) is 5.95. The van der Waals surface area contributed by atoms with Gasteiger partial charge in [0.25, 0.3) is 0 Å². The normalized spacial score (nSPS) is 14.4. The van der Waals surface area contributed by atoms with Gasteiger partial charge in [0.05, 0.1) is 17.1 Å². The van der Waals surface area contributed by atoms with Gasteiger partial charge in [-0.2, -0.15) is 0 Å². The molecule has 8 nitrogen and oxygen atoms in total. The number of rotatable bonds is 8. The molecule has 0 bridgehead atoms. The molecule has 3 N–H and O–H groups in total. The van der Waals surface area contributed by atoms with Crippen molar-refractivity contribution in [2.75, 3.05) is 19.8 Å². The molecule has 3 aromatic carbocycles. The number of fused-ring (bicyclic) bond motifs is 3. The summed E-state index contributed by atoms with van der Waals surface area (Å²) in [7, 11) is 0. The van der Waals surface area contributed by atoms with Crippen LogP contribution in [0.5, 0.6) is 11.5 Å². The van der Waals surface area contributed by atoms with E-state index in [1.54, 1.807) is 0 Å². The number of carbonyl (C=O) groups is 2. The van der Waals surface area contributed by atoms with E-state index in [0.29, 0.717) is 31.4 Å². The molecule has 1 aliphatic heterocycles. The molecule has 0 radical (unpaired) electrons. The number of hydrogen-bond donors (Lipinski definition) is 3. The molecule has 37 heavy (non-hydrogen) atoms. The number of ether oxygens (including phenoxy) is 2. The second kappa shape index (κ2) is 11.6. The summed E-state index contributed by atoms with van der Waals surface area (Å²) in [5.41, 5.74) is 3.60. The third kappa shape index (κ3) is 5.92. The highest BCUT2D eigenvalue weighted by molar-refractivity contribution is 6.13. The average molecular weight is 503 g/mol. The molecular weight excluding hydrogens is 472 g/mol. The first kappa shape index (κ1) is 25.8. The molecule has 0 saturated heterocycles. The van der Waals surface area contributed by atoms with E-state index < -0.39 is 11.9 Å². The molecule has 0 amide bonds. The number of nitrogens with zero attached hydrogens (tertiary/aromatic N) is 1. The van der Waals surface area contributed by atoms with Crippen LogP contribution in [0, 0.1) is 0 Å². The van der Waals surface area contributed by atoms with Crippen LogP contribution in [-0.2, 0) is 9.59 Å². The second-order valence-electron chi connectivity index (χ2n) is 8.88. The maximum Gasteiger partial charge on any atom is 0.328 e. The van der Waals surface area contributed by atoms with Gasteiger partial charge in [-0.25, -0.2) is 9.59 Å². The summed E-state index contributed by atoms with van der Waals surface area (Å²) < 4.78 is 14.8. The minimum atomic E-state index is -1.26. The number of aromatic nitrogens is 1. The first-order valence-corrected chi connectivity index (χ1v) is 12.1. The van der Waals surface area contributed by atoms with Crippen molar-refractivity contribution in [3.63, 3.8) is 0 Å². The van der Waals surface area contributed by atoms with Crippen molar-refractivity contribution in [2.24, 2.45) is 0 Å². The summed E-state index contributed by atoms with van der Waals surface area (Å²) >= 11 is 0. The molecule has 8 heteroatoms. The van der Waals surface area contributed by atoms with Crippen LogP contribution in [0.3, 0.4) is 0 Å². The van der Waals surface area contributed by atoms with Crippen LogP contribution < -0.4 is 14.8 Å². The lowest BCUT2D eigenvalue weighted by Gasteiger charge is -2.27. The fourth-order valence-corrected chi connectivity index (χ4v) is 4.46. The summed E-state index contributed by atoms with van der Waals surface area (Å²) in [6.07, 6.45) is 1.12. The Kier molecular flexibility index (Phi) is 8.10. The first-order chi connectivity index (χ1) is 17.9. The lowest BCUT2D eigenvalue weighted by molar-refractivity contribution is -0.134. The van der Waals surface area contributed by atoms with E-state index in [-0.39, 0.29) is 6.04 Å². The van der Waals surface area contributed by atoms with Gasteiger partial charge in [0.15, 0.2) is 0 Å². The van der Waals surface area contributed by atoms with Crippen LogP contribution in [0.25, 0.3) is 21.8 Å². The van der Waals surface area contributed by atoms with Crippen LogP contribution in [0.4, 0.5) is 0 Å². The molecule has 0 aliphatic carbocycles. The maximum atomic E-state index is 9.55. The Hall–Kier alpha value is -4.30. The fraction of sp³-hybridized carbons (Fsp3) is 0.241. The quantitative estimate of drug-likeness (QED) is 0.233. The average Bonchev–Trinajstić information content (AvgIpc) is 3.23. The van der Waals surface area contributed by atoms with Crippen LogP contribution in [0.2, 0.25) is 0 Å². The standard InChI is InChI=1S/C25H26N2O2.C4H4O4/c1-17(2)26-14-15-28-22-12-7-11-20-24(22)19-10-6-13-23-25(19)27(20)21(16-29-23)18-8-4-3-5-9-18;5-3(6)1-2-4(7)8/h3-13,17,21,26H,14-16H2,1-2H3;1-2H,(H,5,6)(H,7,8)/b;2-1-/t21-;/m1./s1. The Morgan fingerprint density at radius 3 is 2.41 bits per heavy atom. The molecule has 1 atom stereocenters. The number of hydrogen-bond acceptors (Lipinski definition) is 5. The van der Waals surface area contributed by atoms with Crippen LogP contribution in [-0.4, -0.2) is 52.5 Å². The number of para-hydroxylation sites is 1. The van der Waals surface area contributed by atoms with Gasteiger partial charge in [0, 0.05) is 35.5 Å². The number of carboxylic acids is 2. The van der Waals surface area contributed by atoms with E-state index in [2.05, 4.69) is 90.5 Å². The lowest BCUT2D eigenvalue weighted by Crippen LogP contribution is -2.27. The van der Waals surface area contributed by atoms with Gasteiger partial charge in [0.2, 0.25) is 0 Å². The Morgan fingerprint density at radius 2 is 1.73 bits per heavy atom. The molecule has 192 valence electrons. The van der Waals surface area contributed by atoms with Gasteiger partial charge in [-0.05, 0) is 23.8 Å². The Bertz CT molecular complexity index is 1410. The van der Waals surface area contributed by atoms with E-state index in [1.807, 2.05) is 0 Å².